The van der Waals surface area contributed by atoms with Gasteiger partial charge in [0.05, 0.1) is 12.2 Å². The van der Waals surface area contributed by atoms with Crippen LogP contribution in [0.2, 0.25) is 0 Å². The molecule has 2 heterocycles. The normalized spacial score (nSPS) is 21.7. The zero-order valence-electron chi connectivity index (χ0n) is 8.55. The molecule has 3 nitrogen and oxygen atoms in total. The molecule has 3 rings (SSSR count). The highest BCUT2D eigenvalue weighted by molar-refractivity contribution is 5.19. The van der Waals surface area contributed by atoms with Gasteiger partial charge in [-0.05, 0) is 45.2 Å². The molecule has 0 bridgehead atoms. The number of fused-ring (bicyclic) bond motifs is 1. The zero-order chi connectivity index (χ0) is 9.38. The fraction of sp³-hybridized carbons (Fsp3) is 0.727. The summed E-state index contributed by atoms with van der Waals surface area (Å²) >= 11 is 0. The Labute approximate surface area is 84.5 Å². The van der Waals surface area contributed by atoms with Crippen LogP contribution in [-0.4, -0.2) is 28.0 Å². The Morgan fingerprint density at radius 1 is 1.14 bits per heavy atom. The molecule has 0 amide bonds. The largest absolute Gasteiger partial charge is 0.345 e. The Bertz CT molecular complexity index is 302. The van der Waals surface area contributed by atoms with E-state index in [4.69, 9.17) is 0 Å². The summed E-state index contributed by atoms with van der Waals surface area (Å²) in [6, 6.07) is 0. The number of rotatable bonds is 2. The van der Waals surface area contributed by atoms with Crippen molar-refractivity contribution in [3.05, 3.63) is 17.2 Å². The van der Waals surface area contributed by atoms with Crippen molar-refractivity contribution < 1.29 is 0 Å². The number of nitrogens with one attached hydrogen (secondary N) is 1. The number of hydrogen-bond donors (Lipinski definition) is 1. The third kappa shape index (κ3) is 1.46. The van der Waals surface area contributed by atoms with E-state index in [1.165, 1.54) is 62.4 Å². The highest BCUT2D eigenvalue weighted by Gasteiger charge is 2.18. The van der Waals surface area contributed by atoms with Gasteiger partial charge >= 0.3 is 0 Å². The SMILES string of the molecule is C1Cc2nc(CN3CCCC3)[nH]c2C1. The van der Waals surface area contributed by atoms with Crippen molar-refractivity contribution in [1.82, 2.24) is 14.9 Å². The van der Waals surface area contributed by atoms with E-state index in [9.17, 15) is 0 Å². The number of H-pyrrole nitrogens is 1. The Morgan fingerprint density at radius 3 is 2.79 bits per heavy atom. The lowest BCUT2D eigenvalue weighted by atomic mass is 10.3. The third-order valence-corrected chi connectivity index (χ3v) is 3.33. The van der Waals surface area contributed by atoms with Crippen LogP contribution in [0.5, 0.6) is 0 Å². The van der Waals surface area contributed by atoms with Gasteiger partial charge in [0.25, 0.3) is 0 Å². The lowest BCUT2D eigenvalue weighted by Gasteiger charge is -2.11. The van der Waals surface area contributed by atoms with Crippen LogP contribution in [0, 0.1) is 0 Å². The van der Waals surface area contributed by atoms with Crippen LogP contribution in [-0.2, 0) is 19.4 Å². The van der Waals surface area contributed by atoms with Gasteiger partial charge in [-0.3, -0.25) is 4.90 Å². The highest BCUT2D eigenvalue weighted by atomic mass is 15.2. The molecular formula is C11H17N3. The summed E-state index contributed by atoms with van der Waals surface area (Å²) in [5, 5.41) is 0. The van der Waals surface area contributed by atoms with Crippen LogP contribution in [0.25, 0.3) is 0 Å². The molecule has 0 saturated carbocycles. The Balaban J connectivity index is 1.71. The number of hydrogen-bond acceptors (Lipinski definition) is 2. The fourth-order valence-corrected chi connectivity index (χ4v) is 2.58. The molecule has 1 aromatic rings. The minimum Gasteiger partial charge on any atom is -0.345 e. The van der Waals surface area contributed by atoms with Gasteiger partial charge < -0.3 is 4.98 Å². The van der Waals surface area contributed by atoms with Crippen LogP contribution in [0.1, 0.15) is 36.5 Å². The molecule has 0 unspecified atom stereocenters. The highest BCUT2D eigenvalue weighted by Crippen LogP contribution is 2.20. The summed E-state index contributed by atoms with van der Waals surface area (Å²) in [6.45, 7) is 3.55. The fourth-order valence-electron chi connectivity index (χ4n) is 2.58. The van der Waals surface area contributed by atoms with Gasteiger partial charge in [0.15, 0.2) is 0 Å². The second kappa shape index (κ2) is 3.39. The summed E-state index contributed by atoms with van der Waals surface area (Å²) < 4.78 is 0. The van der Waals surface area contributed by atoms with Gasteiger partial charge in [0, 0.05) is 5.69 Å². The maximum Gasteiger partial charge on any atom is 0.120 e. The second-order valence-corrected chi connectivity index (χ2v) is 4.45. The monoisotopic (exact) mass is 191 g/mol. The Hall–Kier alpha value is -0.830. The number of likely N-dealkylation sites (tertiary alicyclic amines) is 1. The zero-order valence-corrected chi connectivity index (χ0v) is 8.55. The van der Waals surface area contributed by atoms with Crippen LogP contribution in [0.4, 0.5) is 0 Å². The van der Waals surface area contributed by atoms with E-state index in [2.05, 4.69) is 14.9 Å². The maximum atomic E-state index is 4.66. The van der Waals surface area contributed by atoms with Crippen molar-refractivity contribution in [2.45, 2.75) is 38.6 Å². The average molecular weight is 191 g/mol. The predicted molar refractivity (Wildman–Crippen MR) is 55.1 cm³/mol. The Morgan fingerprint density at radius 2 is 2.00 bits per heavy atom. The van der Waals surface area contributed by atoms with Gasteiger partial charge in [-0.25, -0.2) is 4.98 Å². The number of imidazole rings is 1. The molecule has 0 aromatic carbocycles. The molecule has 1 aliphatic carbocycles. The molecule has 3 heteroatoms. The summed E-state index contributed by atoms with van der Waals surface area (Å²) in [7, 11) is 0. The molecule has 0 radical (unpaired) electrons. The molecule has 2 aliphatic rings. The topological polar surface area (TPSA) is 31.9 Å². The first-order valence-electron chi connectivity index (χ1n) is 5.71. The van der Waals surface area contributed by atoms with Crippen molar-refractivity contribution in [2.75, 3.05) is 13.1 Å². The third-order valence-electron chi connectivity index (χ3n) is 3.33. The maximum absolute atomic E-state index is 4.66. The van der Waals surface area contributed by atoms with E-state index in [1.54, 1.807) is 0 Å². The van der Waals surface area contributed by atoms with E-state index in [1.807, 2.05) is 0 Å². The number of nitrogens with zero attached hydrogens (tertiary/aromatic N) is 2. The molecule has 76 valence electrons. The predicted octanol–water partition coefficient (Wildman–Crippen LogP) is 1.49. The molecule has 14 heavy (non-hydrogen) atoms. The van der Waals surface area contributed by atoms with Crippen molar-refractivity contribution in [1.29, 1.82) is 0 Å². The van der Waals surface area contributed by atoms with E-state index in [-0.39, 0.29) is 0 Å². The minimum atomic E-state index is 1.03. The average Bonchev–Trinajstić information content (AvgIpc) is 2.78. The van der Waals surface area contributed by atoms with Gasteiger partial charge in [-0.2, -0.15) is 0 Å². The molecule has 1 aromatic heterocycles. The van der Waals surface area contributed by atoms with Crippen molar-refractivity contribution in [3.8, 4) is 0 Å². The van der Waals surface area contributed by atoms with Crippen molar-refractivity contribution in [3.63, 3.8) is 0 Å². The molecule has 0 atom stereocenters. The van der Waals surface area contributed by atoms with Crippen LogP contribution in [0.15, 0.2) is 0 Å². The van der Waals surface area contributed by atoms with Crippen molar-refractivity contribution in [2.24, 2.45) is 0 Å². The van der Waals surface area contributed by atoms with E-state index in [0.717, 1.165) is 6.54 Å². The van der Waals surface area contributed by atoms with Crippen molar-refractivity contribution >= 4 is 0 Å². The summed E-state index contributed by atoms with van der Waals surface area (Å²) in [5.41, 5.74) is 2.73. The first kappa shape index (κ1) is 8.48. The molecule has 1 fully saturated rings. The second-order valence-electron chi connectivity index (χ2n) is 4.45. The quantitative estimate of drug-likeness (QED) is 0.768. The first-order valence-corrected chi connectivity index (χ1v) is 5.71. The standard InChI is InChI=1S/C11H17N3/c1-2-7-14(6-1)8-11-12-9-4-3-5-10(9)13-11/h1-8H2,(H,12,13). The lowest BCUT2D eigenvalue weighted by molar-refractivity contribution is 0.323. The van der Waals surface area contributed by atoms with Gasteiger partial charge in [0.2, 0.25) is 0 Å². The molecule has 1 aliphatic heterocycles. The van der Waals surface area contributed by atoms with Crippen LogP contribution < -0.4 is 0 Å². The minimum absolute atomic E-state index is 1.03. The summed E-state index contributed by atoms with van der Waals surface area (Å²) in [5.74, 6) is 1.19. The number of aryl methyl sites for hydroxylation is 2. The van der Waals surface area contributed by atoms with Gasteiger partial charge in [-0.15, -0.1) is 0 Å². The smallest absolute Gasteiger partial charge is 0.120 e. The number of aromatic nitrogens is 2. The molecule has 1 saturated heterocycles. The molecule has 0 spiro atoms. The molecular weight excluding hydrogens is 174 g/mol. The molecule has 1 N–H and O–H groups in total. The van der Waals surface area contributed by atoms with E-state index >= 15 is 0 Å². The van der Waals surface area contributed by atoms with Crippen LogP contribution >= 0.6 is 0 Å². The summed E-state index contributed by atoms with van der Waals surface area (Å²) in [4.78, 5) is 10.6. The first-order chi connectivity index (χ1) is 6.92. The lowest BCUT2D eigenvalue weighted by Crippen LogP contribution is -2.19. The van der Waals surface area contributed by atoms with Gasteiger partial charge in [0.1, 0.15) is 5.82 Å². The van der Waals surface area contributed by atoms with E-state index < -0.39 is 0 Å². The Kier molecular flexibility index (Phi) is 2.05. The van der Waals surface area contributed by atoms with Gasteiger partial charge in [-0.1, -0.05) is 0 Å². The van der Waals surface area contributed by atoms with Crippen LogP contribution in [0.3, 0.4) is 0 Å². The summed E-state index contributed by atoms with van der Waals surface area (Å²) in [6.07, 6.45) is 6.41. The number of aromatic amines is 1. The van der Waals surface area contributed by atoms with E-state index in [0.29, 0.717) is 0 Å².